The number of aliphatic hydroxyl groups excluding tert-OH is 2. The lowest BCUT2D eigenvalue weighted by atomic mass is 10.2. The molecule has 16 heavy (non-hydrogen) atoms. The van der Waals surface area contributed by atoms with Gasteiger partial charge >= 0.3 is 0 Å². The molecular weight excluding hydrogens is 272 g/mol. The molecule has 0 aliphatic carbocycles. The molecule has 0 aromatic heterocycles. The van der Waals surface area contributed by atoms with E-state index in [4.69, 9.17) is 10.2 Å². The van der Waals surface area contributed by atoms with Crippen LogP contribution in [-0.4, -0.2) is 47.7 Å². The van der Waals surface area contributed by atoms with Crippen molar-refractivity contribution in [1.82, 2.24) is 5.01 Å². The molecule has 0 bridgehead atoms. The maximum absolute atomic E-state index is 8.79. The Morgan fingerprint density at radius 2 is 1.69 bits per heavy atom. The number of rotatable bonds is 6. The van der Waals surface area contributed by atoms with Crippen LogP contribution in [0, 0.1) is 0 Å². The highest BCUT2D eigenvalue weighted by atomic mass is 79.9. The SMILES string of the molecule is OCCN(CCO)N=Cc1ccc(Br)cc1. The van der Waals surface area contributed by atoms with Gasteiger partial charge in [-0.05, 0) is 17.7 Å². The third kappa shape index (κ3) is 4.74. The molecule has 0 saturated carbocycles. The normalized spacial score (nSPS) is 10.9. The van der Waals surface area contributed by atoms with Crippen molar-refractivity contribution >= 4 is 22.1 Å². The van der Waals surface area contributed by atoms with Gasteiger partial charge < -0.3 is 10.2 Å². The molecule has 2 N–H and O–H groups in total. The predicted octanol–water partition coefficient (Wildman–Crippen LogP) is 1.07. The van der Waals surface area contributed by atoms with Gasteiger partial charge in [0.2, 0.25) is 0 Å². The van der Waals surface area contributed by atoms with Gasteiger partial charge in [-0.25, -0.2) is 0 Å². The molecule has 1 aromatic carbocycles. The maximum atomic E-state index is 8.79. The summed E-state index contributed by atoms with van der Waals surface area (Å²) in [7, 11) is 0. The average molecular weight is 287 g/mol. The molecule has 0 aliphatic heterocycles. The smallest absolute Gasteiger partial charge is 0.0623 e. The fourth-order valence-corrected chi connectivity index (χ4v) is 1.42. The average Bonchev–Trinajstić information content (AvgIpc) is 2.29. The Labute approximate surface area is 103 Å². The molecule has 0 atom stereocenters. The van der Waals surface area contributed by atoms with Crippen LogP contribution in [-0.2, 0) is 0 Å². The monoisotopic (exact) mass is 286 g/mol. The van der Waals surface area contributed by atoms with E-state index in [9.17, 15) is 0 Å². The van der Waals surface area contributed by atoms with Crippen LogP contribution in [0.2, 0.25) is 0 Å². The first kappa shape index (κ1) is 13.2. The molecule has 1 rings (SSSR count). The standard InChI is InChI=1S/C11H15BrN2O2/c12-11-3-1-10(2-4-11)9-13-14(5-7-15)6-8-16/h1-4,9,15-16H,5-8H2. The Morgan fingerprint density at radius 3 is 2.19 bits per heavy atom. The largest absolute Gasteiger partial charge is 0.394 e. The second-order valence-corrected chi connectivity index (χ2v) is 4.11. The van der Waals surface area contributed by atoms with Crippen LogP contribution >= 0.6 is 15.9 Å². The summed E-state index contributed by atoms with van der Waals surface area (Å²) in [5, 5.41) is 23.4. The zero-order chi connectivity index (χ0) is 11.8. The highest BCUT2D eigenvalue weighted by Gasteiger charge is 1.97. The Bertz CT molecular complexity index is 321. The van der Waals surface area contributed by atoms with Gasteiger partial charge in [0, 0.05) is 4.47 Å². The number of hydrazone groups is 1. The van der Waals surface area contributed by atoms with E-state index in [2.05, 4.69) is 21.0 Å². The summed E-state index contributed by atoms with van der Waals surface area (Å²) in [6.45, 7) is 0.899. The van der Waals surface area contributed by atoms with Crippen molar-refractivity contribution in [2.45, 2.75) is 0 Å². The Hall–Kier alpha value is -0.910. The molecule has 0 saturated heterocycles. The van der Waals surface area contributed by atoms with Crippen molar-refractivity contribution in [3.63, 3.8) is 0 Å². The third-order valence-corrected chi connectivity index (χ3v) is 2.49. The summed E-state index contributed by atoms with van der Waals surface area (Å²) in [6, 6.07) is 7.74. The van der Waals surface area contributed by atoms with Crippen molar-refractivity contribution in [1.29, 1.82) is 0 Å². The Morgan fingerprint density at radius 1 is 1.12 bits per heavy atom. The van der Waals surface area contributed by atoms with E-state index in [1.807, 2.05) is 24.3 Å². The van der Waals surface area contributed by atoms with Gasteiger partial charge in [-0.1, -0.05) is 28.1 Å². The summed E-state index contributed by atoms with van der Waals surface area (Å²) in [5.74, 6) is 0. The quantitative estimate of drug-likeness (QED) is 0.608. The molecule has 5 heteroatoms. The molecule has 1 aromatic rings. The fraction of sp³-hybridized carbons (Fsp3) is 0.364. The molecule has 4 nitrogen and oxygen atoms in total. The van der Waals surface area contributed by atoms with E-state index in [1.54, 1.807) is 11.2 Å². The summed E-state index contributed by atoms with van der Waals surface area (Å²) in [4.78, 5) is 0. The van der Waals surface area contributed by atoms with E-state index in [1.165, 1.54) is 0 Å². The van der Waals surface area contributed by atoms with Crippen LogP contribution in [0.25, 0.3) is 0 Å². The molecule has 0 unspecified atom stereocenters. The van der Waals surface area contributed by atoms with Crippen LogP contribution in [0.1, 0.15) is 5.56 Å². The predicted molar refractivity (Wildman–Crippen MR) is 67.5 cm³/mol. The van der Waals surface area contributed by atoms with E-state index < -0.39 is 0 Å². The Kier molecular flexibility index (Phi) is 6.07. The summed E-state index contributed by atoms with van der Waals surface area (Å²) < 4.78 is 1.02. The number of benzene rings is 1. The van der Waals surface area contributed by atoms with Crippen LogP contribution in [0.4, 0.5) is 0 Å². The number of nitrogens with zero attached hydrogens (tertiary/aromatic N) is 2. The minimum Gasteiger partial charge on any atom is -0.394 e. The van der Waals surface area contributed by atoms with E-state index in [-0.39, 0.29) is 13.2 Å². The molecule has 0 heterocycles. The number of halogens is 1. The van der Waals surface area contributed by atoms with Gasteiger partial charge in [0.05, 0.1) is 32.5 Å². The zero-order valence-corrected chi connectivity index (χ0v) is 10.5. The lowest BCUT2D eigenvalue weighted by molar-refractivity contribution is 0.166. The van der Waals surface area contributed by atoms with Crippen molar-refractivity contribution < 1.29 is 10.2 Å². The van der Waals surface area contributed by atoms with Crippen LogP contribution < -0.4 is 0 Å². The molecule has 0 amide bonds. The van der Waals surface area contributed by atoms with Crippen molar-refractivity contribution in [3.05, 3.63) is 34.3 Å². The maximum Gasteiger partial charge on any atom is 0.0623 e. The van der Waals surface area contributed by atoms with E-state index >= 15 is 0 Å². The van der Waals surface area contributed by atoms with Crippen LogP contribution in [0.15, 0.2) is 33.8 Å². The summed E-state index contributed by atoms with van der Waals surface area (Å²) >= 11 is 3.35. The van der Waals surface area contributed by atoms with Gasteiger partial charge in [0.25, 0.3) is 0 Å². The zero-order valence-electron chi connectivity index (χ0n) is 8.88. The second kappa shape index (κ2) is 7.38. The topological polar surface area (TPSA) is 56.1 Å². The molecular formula is C11H15BrN2O2. The lowest BCUT2D eigenvalue weighted by Gasteiger charge is -2.15. The van der Waals surface area contributed by atoms with Crippen LogP contribution in [0.5, 0.6) is 0 Å². The van der Waals surface area contributed by atoms with Gasteiger partial charge in [0.1, 0.15) is 0 Å². The van der Waals surface area contributed by atoms with E-state index in [0.717, 1.165) is 10.0 Å². The van der Waals surface area contributed by atoms with Gasteiger partial charge in [-0.2, -0.15) is 5.10 Å². The highest BCUT2D eigenvalue weighted by Crippen LogP contribution is 2.09. The minimum absolute atomic E-state index is 0.0255. The molecule has 0 spiro atoms. The first-order chi connectivity index (χ1) is 7.76. The first-order valence-corrected chi connectivity index (χ1v) is 5.82. The Balaban J connectivity index is 2.58. The summed E-state index contributed by atoms with van der Waals surface area (Å²) in [6.07, 6.45) is 1.71. The van der Waals surface area contributed by atoms with Crippen molar-refractivity contribution in [3.8, 4) is 0 Å². The van der Waals surface area contributed by atoms with Crippen molar-refractivity contribution in [2.24, 2.45) is 5.10 Å². The molecule has 0 fully saturated rings. The number of aliphatic hydroxyl groups is 2. The number of hydrogen-bond acceptors (Lipinski definition) is 4. The molecule has 88 valence electrons. The highest BCUT2D eigenvalue weighted by molar-refractivity contribution is 9.10. The molecule has 0 aliphatic rings. The minimum atomic E-state index is 0.0255. The lowest BCUT2D eigenvalue weighted by Crippen LogP contribution is -2.24. The van der Waals surface area contributed by atoms with Gasteiger partial charge in [0.15, 0.2) is 0 Å². The van der Waals surface area contributed by atoms with Gasteiger partial charge in [-0.15, -0.1) is 0 Å². The first-order valence-electron chi connectivity index (χ1n) is 5.02. The second-order valence-electron chi connectivity index (χ2n) is 3.20. The molecule has 0 radical (unpaired) electrons. The van der Waals surface area contributed by atoms with Crippen molar-refractivity contribution in [2.75, 3.05) is 26.3 Å². The number of hydrogen-bond donors (Lipinski definition) is 2. The van der Waals surface area contributed by atoms with E-state index in [0.29, 0.717) is 13.1 Å². The van der Waals surface area contributed by atoms with Gasteiger partial charge in [-0.3, -0.25) is 5.01 Å². The summed E-state index contributed by atoms with van der Waals surface area (Å²) in [5.41, 5.74) is 0.976. The third-order valence-electron chi connectivity index (χ3n) is 1.96. The fourth-order valence-electron chi connectivity index (χ4n) is 1.16. The van der Waals surface area contributed by atoms with Crippen LogP contribution in [0.3, 0.4) is 0 Å².